The van der Waals surface area contributed by atoms with Crippen LogP contribution in [0.1, 0.15) is 81.0 Å². The molecule has 22 heteroatoms. The Morgan fingerprint density at radius 1 is 0.636 bits per heavy atom. The van der Waals surface area contributed by atoms with E-state index < -0.39 is 61.9 Å². The molecule has 3 amide bonds. The number of benzene rings is 6. The van der Waals surface area contributed by atoms with Gasteiger partial charge < -0.3 is 32.7 Å². The number of rotatable bonds is 14. The molecule has 0 saturated heterocycles. The lowest BCUT2D eigenvalue weighted by molar-refractivity contribution is 0.0566. The number of hydrogen-bond acceptors (Lipinski definition) is 14. The number of phenolic OH excluding ortho intramolecular Hbond substituents is 1. The van der Waals surface area contributed by atoms with E-state index in [9.17, 15) is 45.1 Å². The Bertz CT molecular complexity index is 3760. The van der Waals surface area contributed by atoms with Crippen molar-refractivity contribution in [1.29, 1.82) is 0 Å². The third-order valence-corrected chi connectivity index (χ3v) is 13.8. The van der Waals surface area contributed by atoms with Gasteiger partial charge in [-0.2, -0.15) is 26.3 Å². The first-order valence-corrected chi connectivity index (χ1v) is 26.5. The fourth-order valence-corrected chi connectivity index (χ4v) is 9.97. The van der Waals surface area contributed by atoms with Crippen molar-refractivity contribution in [2.24, 2.45) is 0 Å². The molecule has 2 aliphatic heterocycles. The number of nitrogens with one attached hydrogen (secondary N) is 2. The molecule has 0 fully saturated rings. The van der Waals surface area contributed by atoms with E-state index in [2.05, 4.69) is 14.7 Å². The summed E-state index contributed by atoms with van der Waals surface area (Å²) in [5.74, 6) is -2.25. The third kappa shape index (κ3) is 11.7. The highest BCUT2D eigenvalue weighted by Crippen LogP contribution is 2.48. The van der Waals surface area contributed by atoms with Gasteiger partial charge in [0.25, 0.3) is 11.8 Å². The maximum Gasteiger partial charge on any atom is 0.424 e. The summed E-state index contributed by atoms with van der Waals surface area (Å²) in [4.78, 5) is 51.2. The fourth-order valence-electron chi connectivity index (χ4n) is 8.78. The largest absolute Gasteiger partial charge is 0.505 e. The summed E-state index contributed by atoms with van der Waals surface area (Å²) >= 11 is 0. The molecule has 0 spiro atoms. The minimum absolute atomic E-state index is 0.0124. The van der Waals surface area contributed by atoms with Crippen molar-refractivity contribution in [3.8, 4) is 23.0 Å². The van der Waals surface area contributed by atoms with E-state index in [0.717, 1.165) is 11.1 Å². The van der Waals surface area contributed by atoms with Crippen LogP contribution in [0.4, 0.5) is 13.6 Å². The van der Waals surface area contributed by atoms with Crippen molar-refractivity contribution in [1.82, 2.24) is 29.2 Å². The highest BCUT2D eigenvalue weighted by atomic mass is 32.2. The SMILES string of the molecule is CC(C)(C)OC(=O)NS(=O)(=O)Oc1c2c(c(OC(c3ccccc3)c3ccccc3)c3ncccc13)C(=O)N(Cc1ccc(F)cc1)C2.CNS(=O)(=O)Oc1c2c(c(O)c3ncccc13)C(=O)N(Cc1ccc(F)cc1)C2. The van der Waals surface area contributed by atoms with Gasteiger partial charge in [-0.1, -0.05) is 84.9 Å². The summed E-state index contributed by atoms with van der Waals surface area (Å²) in [5.41, 5.74) is 2.66. The van der Waals surface area contributed by atoms with E-state index in [1.807, 2.05) is 60.7 Å². The standard InChI is InChI=1S/C36H32FN3O7S.C19H16FN3O5S/c1-36(2,3)46-35(42)39-48(43,44)47-32-27-15-10-20-38-30(27)33(45-31(24-11-6-4-7-12-24)25-13-8-5-9-14-25)29-28(32)22-40(34(29)41)21-23-16-18-26(37)19-17-23;1-21-29(26,27)28-18-13-3-2-8-22-16(13)17(24)15-14(18)10-23(19(15)25)9-11-4-6-12(20)7-5-11/h4-20,31H,21-22H2,1-3H3,(H,39,42);2-8,21,24H,9-10H2,1H3. The number of aromatic nitrogens is 2. The first kappa shape index (κ1) is 53.1. The van der Waals surface area contributed by atoms with Crippen LogP contribution in [0, 0.1) is 11.6 Å². The van der Waals surface area contributed by atoms with Crippen LogP contribution in [0.3, 0.4) is 0 Å². The number of fused-ring (bicyclic) bond motifs is 4. The second kappa shape index (κ2) is 21.5. The number of carbonyl (C=O) groups excluding carboxylic acids is 3. The second-order valence-electron chi connectivity index (χ2n) is 18.6. The summed E-state index contributed by atoms with van der Waals surface area (Å²) in [6, 6.07) is 36.6. The van der Waals surface area contributed by atoms with E-state index in [0.29, 0.717) is 11.1 Å². The predicted molar refractivity (Wildman–Crippen MR) is 278 cm³/mol. The maximum atomic E-state index is 14.3. The molecule has 0 bridgehead atoms. The number of nitrogens with zero attached hydrogens (tertiary/aromatic N) is 4. The molecule has 396 valence electrons. The number of halogens is 2. The van der Waals surface area contributed by atoms with Gasteiger partial charge in [0.15, 0.2) is 23.0 Å². The van der Waals surface area contributed by atoms with Crippen LogP contribution in [0.25, 0.3) is 21.8 Å². The Labute approximate surface area is 441 Å². The van der Waals surface area contributed by atoms with Crippen LogP contribution in [0.15, 0.2) is 146 Å². The van der Waals surface area contributed by atoms with Gasteiger partial charge in [0, 0.05) is 54.4 Å². The zero-order chi connectivity index (χ0) is 54.8. The quantitative estimate of drug-likeness (QED) is 0.0923. The third-order valence-electron chi connectivity index (χ3n) is 12.1. The summed E-state index contributed by atoms with van der Waals surface area (Å²) in [7, 11) is -7.74. The summed E-state index contributed by atoms with van der Waals surface area (Å²) in [6.45, 7) is 4.93. The first-order valence-electron chi connectivity index (χ1n) is 23.7. The van der Waals surface area contributed by atoms with Crippen LogP contribution in [-0.4, -0.2) is 72.3 Å². The van der Waals surface area contributed by atoms with Crippen molar-refractivity contribution >= 4 is 60.3 Å². The van der Waals surface area contributed by atoms with Crippen molar-refractivity contribution < 1.29 is 62.9 Å². The Hall–Kier alpha value is -8.73. The smallest absolute Gasteiger partial charge is 0.424 e. The van der Waals surface area contributed by atoms with Gasteiger partial charge in [-0.05, 0) is 91.6 Å². The van der Waals surface area contributed by atoms with Gasteiger partial charge in [0.1, 0.15) is 34.4 Å². The van der Waals surface area contributed by atoms with E-state index in [-0.39, 0.29) is 93.2 Å². The zero-order valence-electron chi connectivity index (χ0n) is 41.6. The van der Waals surface area contributed by atoms with Crippen LogP contribution in [-0.2, 0) is 51.5 Å². The van der Waals surface area contributed by atoms with Crippen LogP contribution in [0.5, 0.6) is 23.0 Å². The molecule has 0 saturated carbocycles. The highest BCUT2D eigenvalue weighted by molar-refractivity contribution is 7.85. The van der Waals surface area contributed by atoms with E-state index in [1.54, 1.807) is 74.0 Å². The lowest BCUT2D eigenvalue weighted by atomic mass is 9.99. The van der Waals surface area contributed by atoms with Crippen molar-refractivity contribution in [2.45, 2.75) is 58.7 Å². The number of phenols is 1. The number of carbonyl (C=O) groups is 3. The summed E-state index contributed by atoms with van der Waals surface area (Å²) < 4.78 is 104. The van der Waals surface area contributed by atoms with E-state index in [1.165, 1.54) is 53.5 Å². The lowest BCUT2D eigenvalue weighted by Crippen LogP contribution is -2.38. The minimum Gasteiger partial charge on any atom is -0.505 e. The molecule has 0 radical (unpaired) electrons. The minimum atomic E-state index is -4.80. The predicted octanol–water partition coefficient (Wildman–Crippen LogP) is 8.93. The van der Waals surface area contributed by atoms with Crippen molar-refractivity contribution in [3.63, 3.8) is 0 Å². The number of aromatic hydroxyl groups is 1. The average molecular weight is 1090 g/mol. The van der Waals surface area contributed by atoms with Gasteiger partial charge in [-0.25, -0.2) is 13.6 Å². The highest BCUT2D eigenvalue weighted by Gasteiger charge is 2.40. The molecule has 10 rings (SSSR count). The van der Waals surface area contributed by atoms with Crippen LogP contribution < -0.4 is 22.5 Å². The Balaban J connectivity index is 0.000000212. The first-order chi connectivity index (χ1) is 36.7. The fraction of sp³-hybridized carbons (Fsp3) is 0.182. The lowest BCUT2D eigenvalue weighted by Gasteiger charge is -2.23. The van der Waals surface area contributed by atoms with Gasteiger partial charge in [-0.15, -0.1) is 0 Å². The summed E-state index contributed by atoms with van der Waals surface area (Å²) in [6.07, 6.45) is 1.00. The average Bonchev–Trinajstić information content (AvgIpc) is 3.97. The maximum absolute atomic E-state index is 14.3. The molecule has 0 unspecified atom stereocenters. The molecule has 77 heavy (non-hydrogen) atoms. The Morgan fingerprint density at radius 2 is 1.09 bits per heavy atom. The molecule has 0 atom stereocenters. The van der Waals surface area contributed by atoms with Crippen LogP contribution in [0.2, 0.25) is 0 Å². The Kier molecular flexibility index (Phi) is 14.8. The van der Waals surface area contributed by atoms with Crippen LogP contribution >= 0.6 is 0 Å². The van der Waals surface area contributed by atoms with E-state index >= 15 is 0 Å². The van der Waals surface area contributed by atoms with Gasteiger partial charge in [-0.3, -0.25) is 19.6 Å². The van der Waals surface area contributed by atoms with Gasteiger partial charge in [0.05, 0.1) is 24.2 Å². The topological polar surface area (TPSA) is 233 Å². The number of hydrogen-bond donors (Lipinski definition) is 3. The monoisotopic (exact) mass is 1090 g/mol. The zero-order valence-corrected chi connectivity index (χ0v) is 43.2. The molecular formula is C55H48F2N6O12S2. The molecule has 2 aromatic heterocycles. The van der Waals surface area contributed by atoms with Crippen molar-refractivity contribution in [2.75, 3.05) is 7.05 Å². The number of amides is 3. The van der Waals surface area contributed by atoms with Gasteiger partial charge >= 0.3 is 26.7 Å². The number of ether oxygens (including phenoxy) is 2. The molecule has 2 aliphatic rings. The van der Waals surface area contributed by atoms with Crippen molar-refractivity contribution in [3.05, 3.63) is 202 Å². The summed E-state index contributed by atoms with van der Waals surface area (Å²) in [5, 5.41) is 11.2. The molecular weight excluding hydrogens is 1040 g/mol. The normalized spacial score (nSPS) is 13.3. The Morgan fingerprint density at radius 3 is 1.58 bits per heavy atom. The second-order valence-corrected chi connectivity index (χ2v) is 21.4. The van der Waals surface area contributed by atoms with Gasteiger partial charge in [0.2, 0.25) is 0 Å². The molecule has 6 aromatic carbocycles. The molecule has 0 aliphatic carbocycles. The molecule has 3 N–H and O–H groups in total. The molecule has 18 nitrogen and oxygen atoms in total. The molecule has 4 heterocycles. The van der Waals surface area contributed by atoms with E-state index in [4.69, 9.17) is 17.8 Å². The molecule has 8 aromatic rings. The number of pyridine rings is 2.